The number of alkyl halides is 1. The van der Waals surface area contributed by atoms with Crippen molar-refractivity contribution in [1.82, 2.24) is 9.97 Å². The normalized spacial score (nSPS) is 10.3. The predicted octanol–water partition coefficient (Wildman–Crippen LogP) is 4.70. The smallest absolute Gasteiger partial charge is 0.321 e. The SMILES string of the molecule is COc1cc(Br)c(Oc2ncc(CBr)cn2)cc1Br. The standard InChI is InChI=1S/C12H9Br3N2O2/c1-18-10-2-9(15)11(3-8(10)14)19-12-16-5-7(4-13)6-17-12/h2-3,5-6H,4H2,1H3. The van der Waals surface area contributed by atoms with E-state index in [0.717, 1.165) is 20.3 Å². The molecule has 0 saturated carbocycles. The second-order valence-electron chi connectivity index (χ2n) is 3.53. The molecule has 0 aliphatic rings. The third-order valence-corrected chi connectivity index (χ3v) is 4.13. The van der Waals surface area contributed by atoms with Crippen molar-refractivity contribution < 1.29 is 9.47 Å². The van der Waals surface area contributed by atoms with Gasteiger partial charge < -0.3 is 9.47 Å². The van der Waals surface area contributed by atoms with Gasteiger partial charge in [0.1, 0.15) is 11.5 Å². The molecule has 2 rings (SSSR count). The summed E-state index contributed by atoms with van der Waals surface area (Å²) in [6.45, 7) is 0. The van der Waals surface area contributed by atoms with Gasteiger partial charge in [0.05, 0.1) is 16.1 Å². The molecule has 1 aromatic carbocycles. The Morgan fingerprint density at radius 2 is 1.63 bits per heavy atom. The van der Waals surface area contributed by atoms with Gasteiger partial charge in [0.15, 0.2) is 0 Å². The van der Waals surface area contributed by atoms with Crippen LogP contribution in [0, 0.1) is 0 Å². The first-order valence-electron chi connectivity index (χ1n) is 5.22. The molecule has 0 fully saturated rings. The Labute approximate surface area is 135 Å². The first kappa shape index (κ1) is 14.7. The van der Waals surface area contributed by atoms with Gasteiger partial charge in [-0.05, 0) is 43.5 Å². The third kappa shape index (κ3) is 3.67. The quantitative estimate of drug-likeness (QED) is 0.631. The van der Waals surface area contributed by atoms with Crippen LogP contribution >= 0.6 is 47.8 Å². The molecule has 0 N–H and O–H groups in total. The predicted molar refractivity (Wildman–Crippen MR) is 83.1 cm³/mol. The summed E-state index contributed by atoms with van der Waals surface area (Å²) >= 11 is 10.2. The third-order valence-electron chi connectivity index (χ3n) is 2.24. The molecule has 2 aromatic rings. The van der Waals surface area contributed by atoms with Gasteiger partial charge in [-0.25, -0.2) is 9.97 Å². The van der Waals surface area contributed by atoms with Crippen molar-refractivity contribution in [2.24, 2.45) is 0 Å². The van der Waals surface area contributed by atoms with E-state index in [0.29, 0.717) is 17.1 Å². The Bertz CT molecular complexity index is 576. The minimum Gasteiger partial charge on any atom is -0.496 e. The van der Waals surface area contributed by atoms with Crippen LogP contribution < -0.4 is 9.47 Å². The molecule has 0 atom stereocenters. The summed E-state index contributed by atoms with van der Waals surface area (Å²) in [5.41, 5.74) is 0.988. The topological polar surface area (TPSA) is 44.2 Å². The summed E-state index contributed by atoms with van der Waals surface area (Å²) in [5, 5.41) is 0.713. The molecular formula is C12H9Br3N2O2. The highest BCUT2D eigenvalue weighted by Crippen LogP contribution is 2.37. The van der Waals surface area contributed by atoms with E-state index in [2.05, 4.69) is 57.8 Å². The van der Waals surface area contributed by atoms with Crippen molar-refractivity contribution in [2.75, 3.05) is 7.11 Å². The molecule has 0 saturated heterocycles. The van der Waals surface area contributed by atoms with E-state index in [1.165, 1.54) is 0 Å². The second kappa shape index (κ2) is 6.67. The molecule has 7 heteroatoms. The average Bonchev–Trinajstić information content (AvgIpc) is 2.43. The number of rotatable bonds is 4. The molecule has 1 heterocycles. The summed E-state index contributed by atoms with van der Waals surface area (Å²) in [4.78, 5) is 8.25. The van der Waals surface area contributed by atoms with Crippen LogP contribution in [-0.2, 0) is 5.33 Å². The molecule has 19 heavy (non-hydrogen) atoms. The van der Waals surface area contributed by atoms with Crippen molar-refractivity contribution in [2.45, 2.75) is 5.33 Å². The maximum Gasteiger partial charge on any atom is 0.321 e. The van der Waals surface area contributed by atoms with Gasteiger partial charge in [0.2, 0.25) is 0 Å². The first-order valence-corrected chi connectivity index (χ1v) is 7.92. The van der Waals surface area contributed by atoms with Crippen molar-refractivity contribution in [3.8, 4) is 17.5 Å². The second-order valence-corrected chi connectivity index (χ2v) is 5.80. The van der Waals surface area contributed by atoms with Crippen LogP contribution in [0.2, 0.25) is 0 Å². The molecule has 0 amide bonds. The highest BCUT2D eigenvalue weighted by molar-refractivity contribution is 9.11. The molecule has 0 bridgehead atoms. The van der Waals surface area contributed by atoms with E-state index in [-0.39, 0.29) is 0 Å². The summed E-state index contributed by atoms with van der Waals surface area (Å²) in [6, 6.07) is 3.90. The summed E-state index contributed by atoms with van der Waals surface area (Å²) in [5.74, 6) is 1.33. The van der Waals surface area contributed by atoms with Crippen LogP contribution in [0.1, 0.15) is 5.56 Å². The maximum absolute atomic E-state index is 5.62. The fraction of sp³-hybridized carbons (Fsp3) is 0.167. The average molecular weight is 453 g/mol. The lowest BCUT2D eigenvalue weighted by atomic mass is 10.3. The molecule has 0 aliphatic carbocycles. The number of aromatic nitrogens is 2. The highest BCUT2D eigenvalue weighted by Gasteiger charge is 2.10. The Hall–Kier alpha value is -0.660. The van der Waals surface area contributed by atoms with E-state index >= 15 is 0 Å². The summed E-state index contributed by atoms with van der Waals surface area (Å²) in [7, 11) is 1.61. The Balaban J connectivity index is 2.25. The van der Waals surface area contributed by atoms with Crippen LogP contribution in [0.4, 0.5) is 0 Å². The number of benzene rings is 1. The zero-order valence-corrected chi connectivity index (χ0v) is 14.6. The molecule has 0 aliphatic heterocycles. The minimum absolute atomic E-state index is 0.294. The Kier molecular flexibility index (Phi) is 5.18. The highest BCUT2D eigenvalue weighted by atomic mass is 79.9. The van der Waals surface area contributed by atoms with Crippen LogP contribution in [0.25, 0.3) is 0 Å². The number of methoxy groups -OCH3 is 1. The van der Waals surface area contributed by atoms with E-state index < -0.39 is 0 Å². The van der Waals surface area contributed by atoms with Crippen molar-refractivity contribution in [1.29, 1.82) is 0 Å². The maximum atomic E-state index is 5.62. The fourth-order valence-corrected chi connectivity index (χ4v) is 2.49. The number of ether oxygens (including phenoxy) is 2. The van der Waals surface area contributed by atoms with Crippen LogP contribution in [0.5, 0.6) is 17.5 Å². The van der Waals surface area contributed by atoms with Crippen LogP contribution in [0.3, 0.4) is 0 Å². The lowest BCUT2D eigenvalue weighted by molar-refractivity contribution is 0.406. The number of halogens is 3. The Morgan fingerprint density at radius 1 is 1.05 bits per heavy atom. The zero-order chi connectivity index (χ0) is 13.8. The van der Waals surface area contributed by atoms with Crippen molar-refractivity contribution in [3.63, 3.8) is 0 Å². The van der Waals surface area contributed by atoms with E-state index in [1.54, 1.807) is 25.6 Å². The molecule has 0 spiro atoms. The van der Waals surface area contributed by atoms with Crippen LogP contribution in [0.15, 0.2) is 33.5 Å². The fourth-order valence-electron chi connectivity index (χ4n) is 1.31. The number of hydrogen-bond acceptors (Lipinski definition) is 4. The number of nitrogens with zero attached hydrogens (tertiary/aromatic N) is 2. The van der Waals surface area contributed by atoms with Gasteiger partial charge >= 0.3 is 6.01 Å². The molecular weight excluding hydrogens is 444 g/mol. The molecule has 0 radical (unpaired) electrons. The van der Waals surface area contributed by atoms with E-state index in [4.69, 9.17) is 9.47 Å². The number of hydrogen-bond donors (Lipinski definition) is 0. The molecule has 1 aromatic heterocycles. The van der Waals surface area contributed by atoms with Gasteiger partial charge in [-0.15, -0.1) is 0 Å². The molecule has 0 unspecified atom stereocenters. The molecule has 100 valence electrons. The summed E-state index contributed by atoms with van der Waals surface area (Å²) in [6.07, 6.45) is 3.42. The lowest BCUT2D eigenvalue weighted by Gasteiger charge is -2.09. The summed E-state index contributed by atoms with van der Waals surface area (Å²) < 4.78 is 12.4. The van der Waals surface area contributed by atoms with Gasteiger partial charge in [0, 0.05) is 23.8 Å². The Morgan fingerprint density at radius 3 is 2.21 bits per heavy atom. The van der Waals surface area contributed by atoms with Crippen LogP contribution in [-0.4, -0.2) is 17.1 Å². The molecule has 4 nitrogen and oxygen atoms in total. The van der Waals surface area contributed by atoms with Gasteiger partial charge in [0.25, 0.3) is 0 Å². The lowest BCUT2D eigenvalue weighted by Crippen LogP contribution is -1.94. The monoisotopic (exact) mass is 450 g/mol. The van der Waals surface area contributed by atoms with Crippen molar-refractivity contribution in [3.05, 3.63) is 39.0 Å². The van der Waals surface area contributed by atoms with E-state index in [1.807, 2.05) is 6.07 Å². The first-order chi connectivity index (χ1) is 9.13. The van der Waals surface area contributed by atoms with Gasteiger partial charge in [-0.1, -0.05) is 15.9 Å². The minimum atomic E-state index is 0.294. The van der Waals surface area contributed by atoms with Gasteiger partial charge in [-0.3, -0.25) is 0 Å². The van der Waals surface area contributed by atoms with E-state index in [9.17, 15) is 0 Å². The van der Waals surface area contributed by atoms with Gasteiger partial charge in [-0.2, -0.15) is 0 Å². The van der Waals surface area contributed by atoms with Crippen molar-refractivity contribution >= 4 is 47.8 Å². The zero-order valence-electron chi connectivity index (χ0n) is 9.86. The largest absolute Gasteiger partial charge is 0.496 e.